The van der Waals surface area contributed by atoms with Crippen molar-refractivity contribution in [3.05, 3.63) is 67.7 Å². The molecule has 0 saturated carbocycles. The van der Waals surface area contributed by atoms with Crippen molar-refractivity contribution < 1.29 is 4.42 Å². The fraction of sp³-hybridized carbons (Fsp3) is 0.278. The molecule has 2 heterocycles. The molecule has 3 nitrogen and oxygen atoms in total. The minimum absolute atomic E-state index is 0.281. The van der Waals surface area contributed by atoms with Gasteiger partial charge in [-0.25, -0.2) is 4.79 Å². The summed E-state index contributed by atoms with van der Waals surface area (Å²) in [6, 6.07) is 9.92. The molecule has 0 atom stereocenters. The molecule has 0 aliphatic carbocycles. The maximum absolute atomic E-state index is 11.8. The van der Waals surface area contributed by atoms with Gasteiger partial charge in [0.25, 0.3) is 0 Å². The van der Waals surface area contributed by atoms with Crippen molar-refractivity contribution in [3.8, 4) is 0 Å². The van der Waals surface area contributed by atoms with Crippen molar-refractivity contribution in [2.45, 2.75) is 26.8 Å². The number of thiophene rings is 1. The van der Waals surface area contributed by atoms with Crippen LogP contribution in [-0.4, -0.2) is 6.54 Å². The Labute approximate surface area is 133 Å². The van der Waals surface area contributed by atoms with Crippen LogP contribution in [0.2, 0.25) is 0 Å². The number of nitrogens with one attached hydrogen (secondary N) is 1. The molecular formula is C18H19NO2S. The second-order valence-electron chi connectivity index (χ2n) is 5.48. The van der Waals surface area contributed by atoms with Crippen LogP contribution in [0.4, 0.5) is 0 Å². The number of aryl methyl sites for hydroxylation is 2. The highest BCUT2D eigenvalue weighted by Crippen LogP contribution is 2.23. The fourth-order valence-corrected chi connectivity index (χ4v) is 3.27. The highest BCUT2D eigenvalue weighted by Gasteiger charge is 2.09. The summed E-state index contributed by atoms with van der Waals surface area (Å²) in [5.41, 5.74) is 3.60. The lowest BCUT2D eigenvalue weighted by Gasteiger charge is -2.09. The molecule has 0 bridgehead atoms. The molecule has 22 heavy (non-hydrogen) atoms. The van der Waals surface area contributed by atoms with Crippen molar-refractivity contribution in [2.75, 3.05) is 6.54 Å². The first-order chi connectivity index (χ1) is 10.6. The summed E-state index contributed by atoms with van der Waals surface area (Å²) in [5, 5.41) is 6.53. The first kappa shape index (κ1) is 15.0. The van der Waals surface area contributed by atoms with Crippen molar-refractivity contribution >= 4 is 22.3 Å². The molecule has 0 spiro atoms. The Hall–Kier alpha value is -1.91. The van der Waals surface area contributed by atoms with Crippen LogP contribution in [0.15, 0.2) is 44.9 Å². The maximum atomic E-state index is 11.8. The molecule has 3 rings (SSSR count). The SMILES string of the molecule is Cc1ccc2c(CNCCc3cccs3)cc(=O)oc2c1C. The van der Waals surface area contributed by atoms with Crippen LogP contribution in [0, 0.1) is 13.8 Å². The molecule has 0 radical (unpaired) electrons. The smallest absolute Gasteiger partial charge is 0.336 e. The third-order valence-corrected chi connectivity index (χ3v) is 4.90. The average molecular weight is 313 g/mol. The molecule has 0 amide bonds. The van der Waals surface area contributed by atoms with Gasteiger partial charge in [0, 0.05) is 29.4 Å². The van der Waals surface area contributed by atoms with Crippen molar-refractivity contribution in [1.29, 1.82) is 0 Å². The third kappa shape index (κ3) is 3.13. The van der Waals surface area contributed by atoms with Gasteiger partial charge in [0.1, 0.15) is 5.58 Å². The van der Waals surface area contributed by atoms with E-state index in [0.717, 1.165) is 35.0 Å². The molecule has 1 aromatic carbocycles. The third-order valence-electron chi connectivity index (χ3n) is 3.96. The predicted molar refractivity (Wildman–Crippen MR) is 91.7 cm³/mol. The standard InChI is InChI=1S/C18H19NO2S/c1-12-5-6-16-14(10-17(20)21-18(16)13(12)2)11-19-8-7-15-4-3-9-22-15/h3-6,9-10,19H,7-8,11H2,1-2H3. The molecule has 0 aliphatic rings. The molecule has 0 aliphatic heterocycles. The van der Waals surface area contributed by atoms with E-state index in [2.05, 4.69) is 28.9 Å². The summed E-state index contributed by atoms with van der Waals surface area (Å²) in [6.07, 6.45) is 1.01. The van der Waals surface area contributed by atoms with E-state index in [1.54, 1.807) is 17.4 Å². The van der Waals surface area contributed by atoms with Crippen molar-refractivity contribution in [1.82, 2.24) is 5.32 Å². The molecular weight excluding hydrogens is 294 g/mol. The molecule has 4 heteroatoms. The number of fused-ring (bicyclic) bond motifs is 1. The van der Waals surface area contributed by atoms with Crippen LogP contribution >= 0.6 is 11.3 Å². The van der Waals surface area contributed by atoms with Gasteiger partial charge in [0.2, 0.25) is 0 Å². The zero-order chi connectivity index (χ0) is 15.5. The van der Waals surface area contributed by atoms with E-state index in [1.807, 2.05) is 19.9 Å². The summed E-state index contributed by atoms with van der Waals surface area (Å²) in [6.45, 7) is 5.60. The Bertz CT molecular complexity index is 834. The number of hydrogen-bond acceptors (Lipinski definition) is 4. The molecule has 0 unspecified atom stereocenters. The Morgan fingerprint density at radius 3 is 2.86 bits per heavy atom. The van der Waals surface area contributed by atoms with Crippen LogP contribution in [0.5, 0.6) is 0 Å². The minimum Gasteiger partial charge on any atom is -0.422 e. The van der Waals surface area contributed by atoms with Gasteiger partial charge in [-0.05, 0) is 48.4 Å². The monoisotopic (exact) mass is 313 g/mol. The number of benzene rings is 1. The van der Waals surface area contributed by atoms with Gasteiger partial charge in [-0.3, -0.25) is 0 Å². The van der Waals surface area contributed by atoms with Gasteiger partial charge in [-0.1, -0.05) is 18.2 Å². The topological polar surface area (TPSA) is 42.2 Å². The highest BCUT2D eigenvalue weighted by molar-refractivity contribution is 7.09. The largest absolute Gasteiger partial charge is 0.422 e. The van der Waals surface area contributed by atoms with Crippen LogP contribution in [0.1, 0.15) is 21.6 Å². The van der Waals surface area contributed by atoms with E-state index in [0.29, 0.717) is 12.1 Å². The molecule has 3 aromatic rings. The highest BCUT2D eigenvalue weighted by atomic mass is 32.1. The number of rotatable bonds is 5. The second kappa shape index (κ2) is 6.46. The molecule has 114 valence electrons. The van der Waals surface area contributed by atoms with Crippen LogP contribution < -0.4 is 10.9 Å². The van der Waals surface area contributed by atoms with E-state index in [1.165, 1.54) is 4.88 Å². The molecule has 0 saturated heterocycles. The van der Waals surface area contributed by atoms with Gasteiger partial charge in [0.05, 0.1) is 0 Å². The number of hydrogen-bond donors (Lipinski definition) is 1. The molecule has 1 N–H and O–H groups in total. The zero-order valence-electron chi connectivity index (χ0n) is 12.8. The Kier molecular flexibility index (Phi) is 4.41. The predicted octanol–water partition coefficient (Wildman–Crippen LogP) is 3.80. The summed E-state index contributed by atoms with van der Waals surface area (Å²) in [7, 11) is 0. The van der Waals surface area contributed by atoms with Gasteiger partial charge in [0.15, 0.2) is 0 Å². The first-order valence-corrected chi connectivity index (χ1v) is 8.29. The summed E-state index contributed by atoms with van der Waals surface area (Å²) in [4.78, 5) is 13.2. The quantitative estimate of drug-likeness (QED) is 0.575. The van der Waals surface area contributed by atoms with E-state index in [4.69, 9.17) is 4.42 Å². The molecule has 0 fully saturated rings. The van der Waals surface area contributed by atoms with Crippen LogP contribution in [0.3, 0.4) is 0 Å². The maximum Gasteiger partial charge on any atom is 0.336 e. The van der Waals surface area contributed by atoms with Gasteiger partial charge in [-0.2, -0.15) is 0 Å². The van der Waals surface area contributed by atoms with Crippen LogP contribution in [-0.2, 0) is 13.0 Å². The lowest BCUT2D eigenvalue weighted by atomic mass is 10.0. The Balaban J connectivity index is 1.78. The van der Waals surface area contributed by atoms with Crippen LogP contribution in [0.25, 0.3) is 11.0 Å². The van der Waals surface area contributed by atoms with E-state index < -0.39 is 0 Å². The lowest BCUT2D eigenvalue weighted by molar-refractivity contribution is 0.554. The molecule has 2 aromatic heterocycles. The summed E-state index contributed by atoms with van der Waals surface area (Å²) >= 11 is 1.77. The zero-order valence-corrected chi connectivity index (χ0v) is 13.6. The van der Waals surface area contributed by atoms with Gasteiger partial charge < -0.3 is 9.73 Å². The average Bonchev–Trinajstić information content (AvgIpc) is 3.01. The van der Waals surface area contributed by atoms with E-state index in [-0.39, 0.29) is 5.63 Å². The Morgan fingerprint density at radius 1 is 1.23 bits per heavy atom. The van der Waals surface area contributed by atoms with E-state index >= 15 is 0 Å². The van der Waals surface area contributed by atoms with Gasteiger partial charge in [-0.15, -0.1) is 11.3 Å². The van der Waals surface area contributed by atoms with E-state index in [9.17, 15) is 4.79 Å². The lowest BCUT2D eigenvalue weighted by Crippen LogP contribution is -2.17. The normalized spacial score (nSPS) is 11.2. The second-order valence-corrected chi connectivity index (χ2v) is 6.51. The summed E-state index contributed by atoms with van der Waals surface area (Å²) < 4.78 is 5.40. The first-order valence-electron chi connectivity index (χ1n) is 7.41. The fourth-order valence-electron chi connectivity index (χ4n) is 2.56. The van der Waals surface area contributed by atoms with Crippen molar-refractivity contribution in [3.63, 3.8) is 0 Å². The van der Waals surface area contributed by atoms with Crippen molar-refractivity contribution in [2.24, 2.45) is 0 Å². The minimum atomic E-state index is -0.281. The summed E-state index contributed by atoms with van der Waals surface area (Å²) in [5.74, 6) is 0. The Morgan fingerprint density at radius 2 is 2.09 bits per heavy atom. The van der Waals surface area contributed by atoms with Gasteiger partial charge >= 0.3 is 5.63 Å².